The Labute approximate surface area is 90.7 Å². The third kappa shape index (κ3) is 7.15. The van der Waals surface area contributed by atoms with Crippen molar-refractivity contribution in [2.24, 2.45) is 5.92 Å². The minimum Gasteiger partial charge on any atom is -0.463 e. The summed E-state index contributed by atoms with van der Waals surface area (Å²) in [4.78, 5) is 11.1. The molecule has 4 heteroatoms. The Morgan fingerprint density at radius 1 is 1.36 bits per heavy atom. The van der Waals surface area contributed by atoms with Crippen LogP contribution < -0.4 is 0 Å². The summed E-state index contributed by atoms with van der Waals surface area (Å²) in [7, 11) is 0. The summed E-state index contributed by atoms with van der Waals surface area (Å²) in [6, 6.07) is 0. The van der Waals surface area contributed by atoms with Crippen LogP contribution >= 0.6 is 11.6 Å². The minimum absolute atomic E-state index is 0.229. The number of alkyl halides is 1. The predicted octanol–water partition coefficient (Wildman–Crippen LogP) is 2.22. The Kier molecular flexibility index (Phi) is 9.10. The number of ether oxygens (including phenoxy) is 2. The molecule has 3 nitrogen and oxygen atoms in total. The van der Waals surface area contributed by atoms with E-state index >= 15 is 0 Å². The van der Waals surface area contributed by atoms with Gasteiger partial charge in [0.25, 0.3) is 0 Å². The molecule has 0 aliphatic rings. The van der Waals surface area contributed by atoms with Crippen LogP contribution in [0, 0.1) is 5.92 Å². The lowest BCUT2D eigenvalue weighted by Gasteiger charge is -2.08. The molecule has 0 aromatic rings. The van der Waals surface area contributed by atoms with Gasteiger partial charge in [0.2, 0.25) is 0 Å². The molecule has 0 rings (SSSR count). The molecule has 0 N–H and O–H groups in total. The lowest BCUT2D eigenvalue weighted by Crippen LogP contribution is -2.18. The van der Waals surface area contributed by atoms with Crippen molar-refractivity contribution in [1.82, 2.24) is 0 Å². The lowest BCUT2D eigenvalue weighted by molar-refractivity contribution is -0.148. The highest BCUT2D eigenvalue weighted by Gasteiger charge is 2.12. The topological polar surface area (TPSA) is 35.5 Å². The van der Waals surface area contributed by atoms with Gasteiger partial charge >= 0.3 is 5.97 Å². The number of halogens is 1. The third-order valence-corrected chi connectivity index (χ3v) is 2.21. The smallest absolute Gasteiger partial charge is 0.309 e. The van der Waals surface area contributed by atoms with E-state index in [1.165, 1.54) is 0 Å². The molecule has 1 atom stereocenters. The summed E-state index contributed by atoms with van der Waals surface area (Å²) >= 11 is 5.50. The van der Waals surface area contributed by atoms with Gasteiger partial charge in [-0.25, -0.2) is 0 Å². The van der Waals surface area contributed by atoms with Gasteiger partial charge in [-0.1, -0.05) is 20.3 Å². The molecule has 84 valence electrons. The monoisotopic (exact) mass is 222 g/mol. The molecule has 0 aromatic heterocycles. The number of rotatable bonds is 8. The van der Waals surface area contributed by atoms with E-state index in [1.807, 2.05) is 0 Å². The Balaban J connectivity index is 3.23. The quantitative estimate of drug-likeness (QED) is 0.359. The van der Waals surface area contributed by atoms with Gasteiger partial charge in [0, 0.05) is 12.5 Å². The summed E-state index contributed by atoms with van der Waals surface area (Å²) in [5.41, 5.74) is 0. The molecule has 0 saturated carbocycles. The van der Waals surface area contributed by atoms with Crippen molar-refractivity contribution in [1.29, 1.82) is 0 Å². The SMILES string of the molecule is CCCCOCCOC(=O)C(C)CCl. The molecule has 0 aromatic carbocycles. The van der Waals surface area contributed by atoms with Gasteiger partial charge in [-0.3, -0.25) is 4.79 Å². The molecule has 1 unspecified atom stereocenters. The number of unbranched alkanes of at least 4 members (excludes halogenated alkanes) is 1. The summed E-state index contributed by atoms with van der Waals surface area (Å²) in [5, 5.41) is 0. The zero-order valence-electron chi connectivity index (χ0n) is 8.92. The highest BCUT2D eigenvalue weighted by atomic mass is 35.5. The molecule has 14 heavy (non-hydrogen) atoms. The molecule has 0 spiro atoms. The van der Waals surface area contributed by atoms with Gasteiger partial charge in [0.05, 0.1) is 12.5 Å². The zero-order chi connectivity index (χ0) is 10.8. The first-order chi connectivity index (χ1) is 6.72. The van der Waals surface area contributed by atoms with Crippen molar-refractivity contribution in [3.8, 4) is 0 Å². The molecular formula is C10H19ClO3. The van der Waals surface area contributed by atoms with E-state index in [-0.39, 0.29) is 11.9 Å². The van der Waals surface area contributed by atoms with Crippen LogP contribution in [0.5, 0.6) is 0 Å². The summed E-state index contributed by atoms with van der Waals surface area (Å²) in [6.07, 6.45) is 2.16. The van der Waals surface area contributed by atoms with E-state index in [9.17, 15) is 4.79 Å². The molecule has 0 aliphatic heterocycles. The molecule has 0 aliphatic carbocycles. The number of hydrogen-bond donors (Lipinski definition) is 0. The van der Waals surface area contributed by atoms with Crippen LogP contribution in [-0.4, -0.2) is 31.7 Å². The molecule has 0 amide bonds. The second-order valence-electron chi connectivity index (χ2n) is 3.19. The average molecular weight is 223 g/mol. The van der Waals surface area contributed by atoms with Gasteiger partial charge < -0.3 is 9.47 Å². The fourth-order valence-corrected chi connectivity index (χ4v) is 0.881. The first-order valence-corrected chi connectivity index (χ1v) is 5.56. The van der Waals surface area contributed by atoms with Gasteiger partial charge in [-0.15, -0.1) is 11.6 Å². The molecule has 0 bridgehead atoms. The number of carbonyl (C=O) groups is 1. The van der Waals surface area contributed by atoms with Crippen LogP contribution in [-0.2, 0) is 14.3 Å². The molecule has 0 radical (unpaired) electrons. The van der Waals surface area contributed by atoms with E-state index in [0.29, 0.717) is 19.1 Å². The van der Waals surface area contributed by atoms with E-state index < -0.39 is 0 Å². The van der Waals surface area contributed by atoms with Crippen LogP contribution in [0.25, 0.3) is 0 Å². The zero-order valence-corrected chi connectivity index (χ0v) is 9.68. The molecule has 0 fully saturated rings. The van der Waals surface area contributed by atoms with Gasteiger partial charge in [0.15, 0.2) is 0 Å². The highest BCUT2D eigenvalue weighted by Crippen LogP contribution is 2.00. The lowest BCUT2D eigenvalue weighted by atomic mass is 10.2. The van der Waals surface area contributed by atoms with Gasteiger partial charge in [0.1, 0.15) is 6.61 Å². The van der Waals surface area contributed by atoms with E-state index in [2.05, 4.69) is 6.92 Å². The van der Waals surface area contributed by atoms with Crippen LogP contribution in [0.15, 0.2) is 0 Å². The second kappa shape index (κ2) is 9.28. The highest BCUT2D eigenvalue weighted by molar-refractivity contribution is 6.19. The Hall–Kier alpha value is -0.280. The normalized spacial score (nSPS) is 12.5. The van der Waals surface area contributed by atoms with Crippen LogP contribution in [0.3, 0.4) is 0 Å². The maximum atomic E-state index is 11.1. The molecule has 0 heterocycles. The number of esters is 1. The van der Waals surface area contributed by atoms with Gasteiger partial charge in [-0.2, -0.15) is 0 Å². The van der Waals surface area contributed by atoms with Crippen LogP contribution in [0.1, 0.15) is 26.7 Å². The first-order valence-electron chi connectivity index (χ1n) is 5.02. The Bertz CT molecular complexity index is 150. The molecule has 0 saturated heterocycles. The maximum absolute atomic E-state index is 11.1. The van der Waals surface area contributed by atoms with Crippen molar-refractivity contribution in [2.45, 2.75) is 26.7 Å². The van der Waals surface area contributed by atoms with Crippen LogP contribution in [0.2, 0.25) is 0 Å². The van der Waals surface area contributed by atoms with E-state index in [4.69, 9.17) is 21.1 Å². The molecular weight excluding hydrogens is 204 g/mol. The average Bonchev–Trinajstić information content (AvgIpc) is 2.21. The minimum atomic E-state index is -0.251. The van der Waals surface area contributed by atoms with E-state index in [0.717, 1.165) is 19.4 Å². The first kappa shape index (κ1) is 13.7. The standard InChI is InChI=1S/C10H19ClO3/c1-3-4-5-13-6-7-14-10(12)9(2)8-11/h9H,3-8H2,1-2H3. The van der Waals surface area contributed by atoms with Crippen molar-refractivity contribution in [2.75, 3.05) is 25.7 Å². The third-order valence-electron chi connectivity index (χ3n) is 1.75. The maximum Gasteiger partial charge on any atom is 0.309 e. The summed E-state index contributed by atoms with van der Waals surface area (Å²) in [5.74, 6) is -0.179. The number of carbonyl (C=O) groups excluding carboxylic acids is 1. The fourth-order valence-electron chi connectivity index (χ4n) is 0.755. The summed E-state index contributed by atoms with van der Waals surface area (Å²) in [6.45, 7) is 5.38. The van der Waals surface area contributed by atoms with Crippen LogP contribution in [0.4, 0.5) is 0 Å². The second-order valence-corrected chi connectivity index (χ2v) is 3.50. The Morgan fingerprint density at radius 2 is 2.07 bits per heavy atom. The number of hydrogen-bond acceptors (Lipinski definition) is 3. The van der Waals surface area contributed by atoms with Crippen molar-refractivity contribution in [3.05, 3.63) is 0 Å². The fraction of sp³-hybridized carbons (Fsp3) is 0.900. The van der Waals surface area contributed by atoms with Gasteiger partial charge in [-0.05, 0) is 6.42 Å². The summed E-state index contributed by atoms with van der Waals surface area (Å²) < 4.78 is 10.2. The predicted molar refractivity (Wildman–Crippen MR) is 56.6 cm³/mol. The largest absolute Gasteiger partial charge is 0.463 e. The Morgan fingerprint density at radius 3 is 2.64 bits per heavy atom. The van der Waals surface area contributed by atoms with Crippen molar-refractivity contribution in [3.63, 3.8) is 0 Å². The van der Waals surface area contributed by atoms with Crippen molar-refractivity contribution >= 4 is 17.6 Å². The van der Waals surface area contributed by atoms with Crippen molar-refractivity contribution < 1.29 is 14.3 Å². The van der Waals surface area contributed by atoms with E-state index in [1.54, 1.807) is 6.92 Å².